The van der Waals surface area contributed by atoms with Crippen molar-refractivity contribution in [3.05, 3.63) is 47.8 Å². The highest BCUT2D eigenvalue weighted by molar-refractivity contribution is 5.52. The molecule has 4 nitrogen and oxygen atoms in total. The number of hydrogen-bond acceptors (Lipinski definition) is 4. The molecule has 3 rings (SSSR count). The van der Waals surface area contributed by atoms with Crippen LogP contribution in [-0.2, 0) is 6.54 Å². The third kappa shape index (κ3) is 4.30. The molecule has 1 aromatic carbocycles. The first kappa shape index (κ1) is 17.7. The summed E-state index contributed by atoms with van der Waals surface area (Å²) in [6.45, 7) is 9.40. The van der Waals surface area contributed by atoms with Gasteiger partial charge in [0.25, 0.3) is 0 Å². The third-order valence-electron chi connectivity index (χ3n) is 5.13. The number of piperidine rings is 1. The Morgan fingerprint density at radius 3 is 2.64 bits per heavy atom. The quantitative estimate of drug-likeness (QED) is 0.772. The van der Waals surface area contributed by atoms with Crippen LogP contribution in [0.2, 0.25) is 0 Å². The molecule has 1 aromatic heterocycles. The molecule has 25 heavy (non-hydrogen) atoms. The van der Waals surface area contributed by atoms with Gasteiger partial charge in [-0.3, -0.25) is 0 Å². The van der Waals surface area contributed by atoms with Crippen molar-refractivity contribution in [2.75, 3.05) is 22.9 Å². The second kappa shape index (κ2) is 8.32. The van der Waals surface area contributed by atoms with Crippen LogP contribution in [0.25, 0.3) is 0 Å². The summed E-state index contributed by atoms with van der Waals surface area (Å²) >= 11 is 0. The molecule has 134 valence electrons. The summed E-state index contributed by atoms with van der Waals surface area (Å²) in [6, 6.07) is 13.4. The molecule has 1 unspecified atom stereocenters. The van der Waals surface area contributed by atoms with Gasteiger partial charge in [0.1, 0.15) is 17.5 Å². The van der Waals surface area contributed by atoms with Crippen molar-refractivity contribution in [3.63, 3.8) is 0 Å². The average molecular weight is 338 g/mol. The van der Waals surface area contributed by atoms with Gasteiger partial charge in [0.15, 0.2) is 0 Å². The lowest BCUT2D eigenvalue weighted by molar-refractivity contribution is 0.446. The van der Waals surface area contributed by atoms with Gasteiger partial charge < -0.3 is 9.80 Å². The lowest BCUT2D eigenvalue weighted by atomic mass is 10.00. The highest BCUT2D eigenvalue weighted by Gasteiger charge is 2.23. The fraction of sp³-hybridized carbons (Fsp3) is 0.524. The van der Waals surface area contributed by atoms with E-state index in [1.54, 1.807) is 0 Å². The minimum absolute atomic E-state index is 0.611. The molecule has 0 aliphatic carbocycles. The smallest absolute Gasteiger partial charge is 0.134 e. The van der Waals surface area contributed by atoms with Gasteiger partial charge in [-0.05, 0) is 45.1 Å². The molecule has 1 aliphatic rings. The summed E-state index contributed by atoms with van der Waals surface area (Å²) in [7, 11) is 0. The second-order valence-corrected chi connectivity index (χ2v) is 6.88. The Balaban J connectivity index is 1.87. The van der Waals surface area contributed by atoms with Crippen LogP contribution in [0.15, 0.2) is 36.4 Å². The third-order valence-corrected chi connectivity index (χ3v) is 5.13. The molecule has 1 saturated heterocycles. The van der Waals surface area contributed by atoms with Crippen molar-refractivity contribution in [1.29, 1.82) is 0 Å². The van der Waals surface area contributed by atoms with Gasteiger partial charge in [-0.25, -0.2) is 9.97 Å². The minimum Gasteiger partial charge on any atom is -0.353 e. The maximum absolute atomic E-state index is 4.77. The molecule has 1 fully saturated rings. The largest absolute Gasteiger partial charge is 0.353 e. The lowest BCUT2D eigenvalue weighted by Gasteiger charge is -2.36. The molecular weight excluding hydrogens is 308 g/mol. The molecule has 1 aliphatic heterocycles. The van der Waals surface area contributed by atoms with Crippen LogP contribution < -0.4 is 9.80 Å². The van der Waals surface area contributed by atoms with Gasteiger partial charge in [-0.2, -0.15) is 0 Å². The fourth-order valence-electron chi connectivity index (χ4n) is 3.73. The van der Waals surface area contributed by atoms with Crippen LogP contribution in [0.3, 0.4) is 0 Å². The van der Waals surface area contributed by atoms with Crippen molar-refractivity contribution in [1.82, 2.24) is 9.97 Å². The van der Waals surface area contributed by atoms with Gasteiger partial charge in [-0.15, -0.1) is 0 Å². The first-order valence-corrected chi connectivity index (χ1v) is 9.62. The predicted octanol–water partition coefficient (Wildman–Crippen LogP) is 4.58. The van der Waals surface area contributed by atoms with E-state index < -0.39 is 0 Å². The second-order valence-electron chi connectivity index (χ2n) is 6.88. The number of hydrogen-bond donors (Lipinski definition) is 0. The summed E-state index contributed by atoms with van der Waals surface area (Å²) < 4.78 is 0. The number of aromatic nitrogens is 2. The summed E-state index contributed by atoms with van der Waals surface area (Å²) in [6.07, 6.45) is 5.05. The molecule has 2 aromatic rings. The van der Waals surface area contributed by atoms with Crippen LogP contribution in [0, 0.1) is 6.92 Å². The summed E-state index contributed by atoms with van der Waals surface area (Å²) in [5.41, 5.74) is 1.31. The zero-order valence-electron chi connectivity index (χ0n) is 15.8. The van der Waals surface area contributed by atoms with Crippen LogP contribution in [0.1, 0.15) is 50.9 Å². The van der Waals surface area contributed by atoms with Crippen LogP contribution in [0.5, 0.6) is 0 Å². The molecule has 0 bridgehead atoms. The zero-order chi connectivity index (χ0) is 17.6. The Kier molecular flexibility index (Phi) is 5.90. The average Bonchev–Trinajstić information content (AvgIpc) is 2.66. The Morgan fingerprint density at radius 1 is 1.12 bits per heavy atom. The number of aryl methyl sites for hydroxylation is 1. The molecule has 0 saturated carbocycles. The van der Waals surface area contributed by atoms with Crippen molar-refractivity contribution in [2.24, 2.45) is 0 Å². The van der Waals surface area contributed by atoms with Crippen molar-refractivity contribution in [3.8, 4) is 0 Å². The highest BCUT2D eigenvalue weighted by Crippen LogP contribution is 2.28. The monoisotopic (exact) mass is 338 g/mol. The topological polar surface area (TPSA) is 32.3 Å². The van der Waals surface area contributed by atoms with Crippen LogP contribution in [0.4, 0.5) is 11.6 Å². The van der Waals surface area contributed by atoms with E-state index in [2.05, 4.69) is 60.0 Å². The maximum Gasteiger partial charge on any atom is 0.134 e. The summed E-state index contributed by atoms with van der Waals surface area (Å²) in [4.78, 5) is 14.3. The molecule has 4 heteroatoms. The van der Waals surface area contributed by atoms with E-state index in [4.69, 9.17) is 9.97 Å². The van der Waals surface area contributed by atoms with Crippen LogP contribution in [-0.4, -0.2) is 29.1 Å². The van der Waals surface area contributed by atoms with E-state index in [1.165, 1.54) is 31.2 Å². The molecule has 2 heterocycles. The van der Waals surface area contributed by atoms with E-state index in [-0.39, 0.29) is 0 Å². The SMILES string of the molecule is CCC1CCCCN1c1cc(N(CC)Cc2ccccc2)nc(C)n1. The molecule has 0 radical (unpaired) electrons. The maximum atomic E-state index is 4.77. The fourth-order valence-corrected chi connectivity index (χ4v) is 3.73. The first-order chi connectivity index (χ1) is 12.2. The van der Waals surface area contributed by atoms with Crippen molar-refractivity contribution >= 4 is 11.6 Å². The molecule has 0 amide bonds. The summed E-state index contributed by atoms with van der Waals surface area (Å²) in [5, 5.41) is 0. The van der Waals surface area contributed by atoms with Gasteiger partial charge >= 0.3 is 0 Å². The zero-order valence-corrected chi connectivity index (χ0v) is 15.8. The summed E-state index contributed by atoms with van der Waals surface area (Å²) in [5.74, 6) is 2.99. The van der Waals surface area contributed by atoms with Crippen molar-refractivity contribution in [2.45, 2.75) is 59.0 Å². The lowest BCUT2D eigenvalue weighted by Crippen LogP contribution is -2.40. The first-order valence-electron chi connectivity index (χ1n) is 9.62. The number of rotatable bonds is 6. The van der Waals surface area contributed by atoms with E-state index >= 15 is 0 Å². The van der Waals surface area contributed by atoms with Crippen LogP contribution >= 0.6 is 0 Å². The van der Waals surface area contributed by atoms with Gasteiger partial charge in [0.2, 0.25) is 0 Å². The highest BCUT2D eigenvalue weighted by atomic mass is 15.3. The van der Waals surface area contributed by atoms with E-state index in [0.29, 0.717) is 6.04 Å². The molecule has 1 atom stereocenters. The van der Waals surface area contributed by atoms with Gasteiger partial charge in [0.05, 0.1) is 0 Å². The van der Waals surface area contributed by atoms with E-state index in [9.17, 15) is 0 Å². The Labute approximate surface area is 151 Å². The Bertz CT molecular complexity index is 671. The number of benzene rings is 1. The standard InChI is InChI=1S/C21H30N4/c1-4-19-13-9-10-14-25(19)21-15-20(22-17(3)23-21)24(5-2)16-18-11-7-6-8-12-18/h6-8,11-12,15,19H,4-5,9-10,13-14,16H2,1-3H3. The van der Waals surface area contributed by atoms with E-state index in [0.717, 1.165) is 37.1 Å². The van der Waals surface area contributed by atoms with Gasteiger partial charge in [0, 0.05) is 31.7 Å². The normalized spacial score (nSPS) is 17.6. The number of nitrogens with zero attached hydrogens (tertiary/aromatic N) is 4. The minimum atomic E-state index is 0.611. The molecule has 0 spiro atoms. The predicted molar refractivity (Wildman–Crippen MR) is 105 cm³/mol. The molecular formula is C21H30N4. The van der Waals surface area contributed by atoms with Gasteiger partial charge in [-0.1, -0.05) is 37.3 Å². The Morgan fingerprint density at radius 2 is 1.92 bits per heavy atom. The van der Waals surface area contributed by atoms with Crippen molar-refractivity contribution < 1.29 is 0 Å². The number of anilines is 2. The molecule has 0 N–H and O–H groups in total. The van der Waals surface area contributed by atoms with E-state index in [1.807, 2.05) is 6.92 Å². The Hall–Kier alpha value is -2.10.